The van der Waals surface area contributed by atoms with E-state index in [1.54, 1.807) is 37.3 Å². The number of nitrogens with zero attached hydrogens (tertiary/aromatic N) is 2. The van der Waals surface area contributed by atoms with Crippen molar-refractivity contribution in [1.82, 2.24) is 15.5 Å². The van der Waals surface area contributed by atoms with E-state index in [0.29, 0.717) is 17.8 Å². The van der Waals surface area contributed by atoms with E-state index in [1.165, 1.54) is 0 Å². The first-order valence-electron chi connectivity index (χ1n) is 9.61. The number of aliphatic hydroxyl groups excluding tert-OH is 1. The topological polar surface area (TPSA) is 148 Å². The van der Waals surface area contributed by atoms with Crippen molar-refractivity contribution in [2.45, 2.75) is 56.0 Å². The highest BCUT2D eigenvalue weighted by Gasteiger charge is 2.33. The molecule has 158 valence electrons. The van der Waals surface area contributed by atoms with Crippen LogP contribution in [0, 0.1) is 0 Å². The summed E-state index contributed by atoms with van der Waals surface area (Å²) in [7, 11) is -3.58. The van der Waals surface area contributed by atoms with E-state index in [9.17, 15) is 18.3 Å². The lowest BCUT2D eigenvalue weighted by Gasteiger charge is -2.22. The monoisotopic (exact) mass is 422 g/mol. The van der Waals surface area contributed by atoms with Gasteiger partial charge in [-0.15, -0.1) is 0 Å². The van der Waals surface area contributed by atoms with Crippen LogP contribution in [0.2, 0.25) is 0 Å². The van der Waals surface area contributed by atoms with E-state index in [0.717, 1.165) is 12.8 Å². The Kier molecular flexibility index (Phi) is 6.66. The lowest BCUT2D eigenvalue weighted by Crippen LogP contribution is -2.50. The van der Waals surface area contributed by atoms with Crippen LogP contribution < -0.4 is 11.1 Å². The maximum Gasteiger partial charge on any atom is 0.257 e. The second kappa shape index (κ2) is 9.02. The van der Waals surface area contributed by atoms with E-state index in [4.69, 9.17) is 10.3 Å². The molecule has 1 aliphatic carbocycles. The molecule has 1 heterocycles. The molecule has 0 bridgehead atoms. The van der Waals surface area contributed by atoms with Gasteiger partial charge in [0, 0.05) is 5.92 Å². The van der Waals surface area contributed by atoms with E-state index in [1.807, 2.05) is 0 Å². The number of carbonyl (C=O) groups excluding carboxylic acids is 1. The fourth-order valence-corrected chi connectivity index (χ4v) is 4.49. The zero-order chi connectivity index (χ0) is 21.0. The summed E-state index contributed by atoms with van der Waals surface area (Å²) in [4.78, 5) is 16.6. The number of hydrogen-bond acceptors (Lipinski definition) is 8. The second-order valence-electron chi connectivity index (χ2n) is 7.38. The summed E-state index contributed by atoms with van der Waals surface area (Å²) < 4.78 is 29.8. The fraction of sp³-hybridized carbons (Fsp3) is 0.526. The number of amides is 1. The van der Waals surface area contributed by atoms with E-state index in [2.05, 4.69) is 15.5 Å². The zero-order valence-electron chi connectivity index (χ0n) is 16.2. The molecule has 1 aromatic carbocycles. The number of carbonyl (C=O) groups is 1. The summed E-state index contributed by atoms with van der Waals surface area (Å²) >= 11 is 0. The minimum atomic E-state index is -3.58. The van der Waals surface area contributed by atoms with Crippen LogP contribution in [0.15, 0.2) is 34.9 Å². The largest absolute Gasteiger partial charge is 0.381 e. The van der Waals surface area contributed by atoms with Crippen molar-refractivity contribution in [3.05, 3.63) is 47.6 Å². The number of aromatic nitrogens is 2. The van der Waals surface area contributed by atoms with Gasteiger partial charge in [-0.05, 0) is 24.8 Å². The van der Waals surface area contributed by atoms with Crippen molar-refractivity contribution in [1.29, 1.82) is 0 Å². The molecule has 3 atom stereocenters. The normalized spacial score (nSPS) is 17.5. The predicted molar refractivity (Wildman–Crippen MR) is 105 cm³/mol. The first kappa shape index (κ1) is 21.4. The quantitative estimate of drug-likeness (QED) is 0.509. The van der Waals surface area contributed by atoms with Gasteiger partial charge in [-0.3, -0.25) is 4.79 Å². The standard InChI is InChI=1S/C19H26N4O5S/c1-2-15(16(24)19-22-17(23-28-19)13-8-9-13)21-18(25)14(20)11-29(26,27)10-12-6-4-3-5-7-12/h3-7,13-16,24H,2,8-11,20H2,1H3,(H,21,25)/t14-,15-,16?/m0/s1. The van der Waals surface area contributed by atoms with Crippen molar-refractivity contribution < 1.29 is 22.8 Å². The molecule has 1 unspecified atom stereocenters. The maximum absolute atomic E-state index is 12.4. The predicted octanol–water partition coefficient (Wildman–Crippen LogP) is 0.818. The van der Waals surface area contributed by atoms with Crippen molar-refractivity contribution in [3.63, 3.8) is 0 Å². The van der Waals surface area contributed by atoms with Crippen molar-refractivity contribution in [3.8, 4) is 0 Å². The van der Waals surface area contributed by atoms with Crippen molar-refractivity contribution >= 4 is 15.7 Å². The first-order valence-corrected chi connectivity index (χ1v) is 11.4. The van der Waals surface area contributed by atoms with Crippen LogP contribution in [0.3, 0.4) is 0 Å². The van der Waals surface area contributed by atoms with Crippen molar-refractivity contribution in [2.24, 2.45) is 5.73 Å². The molecule has 2 aromatic rings. The average molecular weight is 423 g/mol. The Labute approximate surface area is 169 Å². The molecular weight excluding hydrogens is 396 g/mol. The summed E-state index contributed by atoms with van der Waals surface area (Å²) in [5.74, 6) is -0.479. The number of rotatable bonds is 10. The lowest BCUT2D eigenvalue weighted by atomic mass is 10.1. The van der Waals surface area contributed by atoms with Gasteiger partial charge in [0.2, 0.25) is 5.91 Å². The Morgan fingerprint density at radius 3 is 2.66 bits per heavy atom. The maximum atomic E-state index is 12.4. The molecule has 29 heavy (non-hydrogen) atoms. The fourth-order valence-electron chi connectivity index (χ4n) is 2.98. The second-order valence-corrected chi connectivity index (χ2v) is 9.49. The summed E-state index contributed by atoms with van der Waals surface area (Å²) in [5.41, 5.74) is 6.46. The molecule has 9 nitrogen and oxygen atoms in total. The van der Waals surface area contributed by atoms with Crippen LogP contribution in [-0.4, -0.2) is 47.4 Å². The molecule has 0 spiro atoms. The van der Waals surface area contributed by atoms with Gasteiger partial charge >= 0.3 is 0 Å². The van der Waals surface area contributed by atoms with E-state index in [-0.39, 0.29) is 17.6 Å². The molecule has 0 radical (unpaired) electrons. The number of aliphatic hydroxyl groups is 1. The number of benzene rings is 1. The highest BCUT2D eigenvalue weighted by molar-refractivity contribution is 7.90. The van der Waals surface area contributed by atoms with Gasteiger partial charge in [0.15, 0.2) is 21.8 Å². The molecule has 0 saturated heterocycles. The molecule has 1 aromatic heterocycles. The summed E-state index contributed by atoms with van der Waals surface area (Å²) in [6.07, 6.45) is 1.17. The molecule has 3 rings (SSSR count). The highest BCUT2D eigenvalue weighted by atomic mass is 32.2. The van der Waals surface area contributed by atoms with Gasteiger partial charge in [-0.2, -0.15) is 4.98 Å². The van der Waals surface area contributed by atoms with Crippen LogP contribution >= 0.6 is 0 Å². The Morgan fingerprint density at radius 2 is 2.03 bits per heavy atom. The third kappa shape index (κ3) is 5.84. The number of sulfone groups is 1. The smallest absolute Gasteiger partial charge is 0.257 e. The van der Waals surface area contributed by atoms with Crippen LogP contribution in [0.25, 0.3) is 0 Å². The molecule has 1 saturated carbocycles. The molecular formula is C19H26N4O5S. The molecule has 4 N–H and O–H groups in total. The third-order valence-corrected chi connectivity index (χ3v) is 6.44. The Hall–Kier alpha value is -2.30. The highest BCUT2D eigenvalue weighted by Crippen LogP contribution is 2.38. The zero-order valence-corrected chi connectivity index (χ0v) is 17.0. The molecule has 1 aliphatic rings. The molecule has 1 amide bonds. The molecule has 0 aliphatic heterocycles. The minimum absolute atomic E-state index is 0.0318. The van der Waals surface area contributed by atoms with Crippen LogP contribution in [-0.2, 0) is 20.4 Å². The minimum Gasteiger partial charge on any atom is -0.381 e. The summed E-state index contributed by atoms with van der Waals surface area (Å²) in [6.45, 7) is 1.77. The molecule has 1 fully saturated rings. The third-order valence-electron chi connectivity index (χ3n) is 4.80. The Balaban J connectivity index is 1.57. The first-order chi connectivity index (χ1) is 13.8. The van der Waals surface area contributed by atoms with Gasteiger partial charge in [0.05, 0.1) is 23.6 Å². The Bertz CT molecular complexity index is 927. The van der Waals surface area contributed by atoms with Crippen LogP contribution in [0.1, 0.15) is 55.5 Å². The summed E-state index contributed by atoms with van der Waals surface area (Å²) in [6, 6.07) is 6.71. The van der Waals surface area contributed by atoms with Crippen LogP contribution in [0.5, 0.6) is 0 Å². The SMILES string of the molecule is CC[C@H](NC(=O)[C@@H](N)CS(=O)(=O)Cc1ccccc1)C(O)c1nc(C2CC2)no1. The number of hydrogen-bond donors (Lipinski definition) is 3. The van der Waals surface area contributed by atoms with E-state index < -0.39 is 39.7 Å². The Morgan fingerprint density at radius 1 is 1.34 bits per heavy atom. The van der Waals surface area contributed by atoms with Gasteiger partial charge in [0.1, 0.15) is 0 Å². The van der Waals surface area contributed by atoms with Crippen molar-refractivity contribution in [2.75, 3.05) is 5.75 Å². The van der Waals surface area contributed by atoms with Gasteiger partial charge in [0.25, 0.3) is 5.89 Å². The van der Waals surface area contributed by atoms with E-state index >= 15 is 0 Å². The van der Waals surface area contributed by atoms with Gasteiger partial charge < -0.3 is 20.7 Å². The van der Waals surface area contributed by atoms with Gasteiger partial charge in [-0.1, -0.05) is 42.4 Å². The lowest BCUT2D eigenvalue weighted by molar-refractivity contribution is -0.123. The molecule has 10 heteroatoms. The number of nitrogens with one attached hydrogen (secondary N) is 1. The van der Waals surface area contributed by atoms with Crippen LogP contribution in [0.4, 0.5) is 0 Å². The number of nitrogens with two attached hydrogens (primary N) is 1. The summed E-state index contributed by atoms with van der Waals surface area (Å²) in [5, 5.41) is 16.9. The van der Waals surface area contributed by atoms with Gasteiger partial charge in [-0.25, -0.2) is 8.42 Å². The average Bonchev–Trinajstić information content (AvgIpc) is 3.42.